The number of nitriles is 1. The average molecular weight is 927 g/mol. The number of rotatable bonds is 17. The van der Waals surface area contributed by atoms with E-state index in [0.29, 0.717) is 34.9 Å². The van der Waals surface area contributed by atoms with E-state index in [0.717, 1.165) is 27.4 Å². The molecule has 3 atom stereocenters. The smallest absolute Gasteiger partial charge is 0.251 e. The number of aliphatic hydroxyl groups is 1. The number of thiazole rings is 1. The molecular formula is C49H60ClN7O7S. The molecule has 0 unspecified atom stereocenters. The first-order chi connectivity index (χ1) is 30.7. The molecule has 1 aliphatic heterocycles. The minimum atomic E-state index is -0.966. The molecule has 1 aromatic heterocycles. The molecule has 1 saturated heterocycles. The van der Waals surface area contributed by atoms with Crippen molar-refractivity contribution < 1.29 is 33.8 Å². The zero-order valence-electron chi connectivity index (χ0n) is 38.3. The van der Waals surface area contributed by atoms with E-state index in [4.69, 9.17) is 21.1 Å². The number of nitrogens with one attached hydrogen (secondary N) is 4. The third-order valence-corrected chi connectivity index (χ3v) is 13.6. The van der Waals surface area contributed by atoms with Gasteiger partial charge in [0.05, 0.1) is 32.8 Å². The Morgan fingerprint density at radius 3 is 2.34 bits per heavy atom. The second-order valence-corrected chi connectivity index (χ2v) is 20.4. The van der Waals surface area contributed by atoms with Crippen LogP contribution in [0.3, 0.4) is 0 Å². The third kappa shape index (κ3) is 11.5. The monoisotopic (exact) mass is 925 g/mol. The fourth-order valence-electron chi connectivity index (χ4n) is 9.10. The largest absolute Gasteiger partial charge is 0.489 e. The van der Waals surface area contributed by atoms with Crippen molar-refractivity contribution >= 4 is 52.3 Å². The van der Waals surface area contributed by atoms with Crippen LogP contribution in [0.2, 0.25) is 5.02 Å². The molecule has 1 saturated carbocycles. The molecule has 4 aromatic rings. The van der Waals surface area contributed by atoms with Crippen LogP contribution in [-0.4, -0.2) is 95.3 Å². The number of carbonyl (C=O) groups is 4. The number of aliphatic hydroxyl groups excluding tert-OH is 1. The Bertz CT molecular complexity index is 2370. The van der Waals surface area contributed by atoms with Crippen molar-refractivity contribution in [1.29, 1.82) is 5.26 Å². The molecule has 4 amide bonds. The van der Waals surface area contributed by atoms with Gasteiger partial charge >= 0.3 is 0 Å². The van der Waals surface area contributed by atoms with Gasteiger partial charge in [-0.1, -0.05) is 84.3 Å². The van der Waals surface area contributed by atoms with Gasteiger partial charge in [-0.05, 0) is 66.3 Å². The summed E-state index contributed by atoms with van der Waals surface area (Å²) in [5.74, 6) is -0.906. The number of likely N-dealkylation sites (tertiary alicyclic amines) is 1. The number of β-amino-alcohol motifs (C(OH)–C–C–N with tert-alkyl or cyclic N) is 1. The third-order valence-electron chi connectivity index (χ3n) is 12.3. The number of benzene rings is 3. The number of aryl methyl sites for hydroxylation is 1. The molecule has 0 spiro atoms. The summed E-state index contributed by atoms with van der Waals surface area (Å²) in [6.45, 7) is 16.5. The standard InChI is InChI=1S/C49H60ClN7O7S/c1-29-40(65-28-54-29)31-12-10-30(11-13-31)25-53-43(61)38-22-35(58)26-57(38)44(62)41(47(2,3)4)55-39(59)27-63-21-9-20-52-34-17-14-32(15-18-34)42(60)56-45-48(5,6)46(49(45,7)8)64-36-19-16-33(24-51)37(50)23-36/h10-19,23,28,35,38,41,45-46,52,58H,9,20-22,25-27H2,1-8H3,(H,53,61)(H,55,59)(H,56,60)/t35-,38+,41-,45?,46?/m1/s1. The predicted molar refractivity (Wildman–Crippen MR) is 251 cm³/mol. The fourth-order valence-corrected chi connectivity index (χ4v) is 10.1. The molecule has 0 radical (unpaired) electrons. The van der Waals surface area contributed by atoms with E-state index in [9.17, 15) is 29.5 Å². The maximum absolute atomic E-state index is 14.0. The Morgan fingerprint density at radius 1 is 1.03 bits per heavy atom. The fraction of sp³-hybridized carbons (Fsp3) is 0.469. The van der Waals surface area contributed by atoms with Gasteiger partial charge in [0.15, 0.2) is 0 Å². The molecule has 346 valence electrons. The van der Waals surface area contributed by atoms with Gasteiger partial charge in [0.25, 0.3) is 5.91 Å². The van der Waals surface area contributed by atoms with Crippen LogP contribution < -0.4 is 26.0 Å². The lowest BCUT2D eigenvalue weighted by atomic mass is 9.49. The van der Waals surface area contributed by atoms with Gasteiger partial charge in [0.1, 0.15) is 36.6 Å². The zero-order chi connectivity index (χ0) is 47.3. The lowest BCUT2D eigenvalue weighted by Gasteiger charge is -2.63. The van der Waals surface area contributed by atoms with Crippen molar-refractivity contribution in [2.75, 3.05) is 31.6 Å². The van der Waals surface area contributed by atoms with E-state index in [2.05, 4.69) is 60.0 Å². The molecule has 3 aromatic carbocycles. The molecular weight excluding hydrogens is 866 g/mol. The molecule has 65 heavy (non-hydrogen) atoms. The summed E-state index contributed by atoms with van der Waals surface area (Å²) in [5, 5.41) is 32.4. The topological polar surface area (TPSA) is 195 Å². The van der Waals surface area contributed by atoms with Crippen molar-refractivity contribution in [3.63, 3.8) is 0 Å². The van der Waals surface area contributed by atoms with E-state index >= 15 is 0 Å². The van der Waals surface area contributed by atoms with E-state index in [1.54, 1.807) is 41.7 Å². The quantitative estimate of drug-likeness (QED) is 0.0697. The molecule has 16 heteroatoms. The zero-order valence-corrected chi connectivity index (χ0v) is 39.9. The van der Waals surface area contributed by atoms with Gasteiger partial charge in [0.2, 0.25) is 17.7 Å². The lowest BCUT2D eigenvalue weighted by Crippen LogP contribution is -2.74. The molecule has 5 N–H and O–H groups in total. The summed E-state index contributed by atoms with van der Waals surface area (Å²) >= 11 is 7.80. The molecule has 2 heterocycles. The van der Waals surface area contributed by atoms with Gasteiger partial charge in [-0.15, -0.1) is 11.3 Å². The van der Waals surface area contributed by atoms with Crippen LogP contribution in [0.5, 0.6) is 5.75 Å². The summed E-state index contributed by atoms with van der Waals surface area (Å²) in [4.78, 5) is 60.7. The van der Waals surface area contributed by atoms with Crippen molar-refractivity contribution in [3.05, 3.63) is 99.6 Å². The number of hydrogen-bond donors (Lipinski definition) is 5. The number of aromatic nitrogens is 1. The number of nitrogens with zero attached hydrogens (tertiary/aromatic N) is 3. The molecule has 1 aliphatic carbocycles. The normalized spacial score (nSPS) is 20.2. The Hall–Kier alpha value is -5.53. The lowest BCUT2D eigenvalue weighted by molar-refractivity contribution is -0.164. The molecule has 0 bridgehead atoms. The summed E-state index contributed by atoms with van der Waals surface area (Å²) in [5.41, 5.74) is 4.94. The highest BCUT2D eigenvalue weighted by molar-refractivity contribution is 7.13. The molecule has 2 aliphatic rings. The van der Waals surface area contributed by atoms with Gasteiger partial charge < -0.3 is 40.7 Å². The summed E-state index contributed by atoms with van der Waals surface area (Å²) in [6.07, 6.45) is -0.417. The highest BCUT2D eigenvalue weighted by Gasteiger charge is 2.64. The van der Waals surface area contributed by atoms with Crippen LogP contribution in [0, 0.1) is 34.5 Å². The number of ether oxygens (including phenoxy) is 2. The van der Waals surface area contributed by atoms with Crippen LogP contribution in [-0.2, 0) is 25.7 Å². The molecule has 6 rings (SSSR count). The summed E-state index contributed by atoms with van der Waals surface area (Å²) in [6, 6.07) is 20.1. The second kappa shape index (κ2) is 20.3. The maximum Gasteiger partial charge on any atom is 0.251 e. The Balaban J connectivity index is 0.915. The first kappa shape index (κ1) is 48.9. The van der Waals surface area contributed by atoms with Crippen molar-refractivity contribution in [3.8, 4) is 22.3 Å². The molecule has 2 fully saturated rings. The first-order valence-corrected chi connectivity index (χ1v) is 23.1. The highest BCUT2D eigenvalue weighted by Crippen LogP contribution is 2.55. The van der Waals surface area contributed by atoms with Crippen LogP contribution in [0.15, 0.2) is 72.2 Å². The SMILES string of the molecule is Cc1ncsc1-c1ccc(CNC(=O)[C@@H]2C[C@@H](O)CN2C(=O)[C@@H](NC(=O)COCCCNc2ccc(C(=O)NC3C(C)(C)C(Oc4ccc(C#N)c(Cl)c4)C3(C)C)cc2)C(C)(C)C)cc1. The second-order valence-electron chi connectivity index (χ2n) is 19.2. The van der Waals surface area contributed by atoms with E-state index in [1.807, 2.05) is 69.6 Å². The van der Waals surface area contributed by atoms with Crippen molar-refractivity contribution in [2.45, 2.75) is 105 Å². The average Bonchev–Trinajstić information content (AvgIpc) is 3.88. The number of amides is 4. The number of carbonyl (C=O) groups excluding carboxylic acids is 4. The van der Waals surface area contributed by atoms with Crippen LogP contribution in [0.4, 0.5) is 5.69 Å². The first-order valence-electron chi connectivity index (χ1n) is 21.8. The van der Waals surface area contributed by atoms with Gasteiger partial charge in [-0.3, -0.25) is 19.2 Å². The van der Waals surface area contributed by atoms with Gasteiger partial charge in [0, 0.05) is 66.9 Å². The van der Waals surface area contributed by atoms with Crippen LogP contribution in [0.25, 0.3) is 10.4 Å². The number of hydrogen-bond acceptors (Lipinski definition) is 11. The Labute approximate surface area is 390 Å². The van der Waals surface area contributed by atoms with Crippen LogP contribution >= 0.6 is 22.9 Å². The number of halogens is 1. The number of anilines is 1. The van der Waals surface area contributed by atoms with Gasteiger partial charge in [-0.25, -0.2) is 4.98 Å². The van der Waals surface area contributed by atoms with Crippen LogP contribution in [0.1, 0.15) is 88.5 Å². The minimum absolute atomic E-state index is 0.0192. The Morgan fingerprint density at radius 2 is 1.72 bits per heavy atom. The van der Waals surface area contributed by atoms with E-state index in [-0.39, 0.29) is 56.7 Å². The highest BCUT2D eigenvalue weighted by atomic mass is 35.5. The predicted octanol–water partition coefficient (Wildman–Crippen LogP) is 6.88. The van der Waals surface area contributed by atoms with Crippen molar-refractivity contribution in [2.24, 2.45) is 16.2 Å². The molecule has 14 nitrogen and oxygen atoms in total. The van der Waals surface area contributed by atoms with E-state index in [1.165, 1.54) is 4.90 Å². The minimum Gasteiger partial charge on any atom is -0.489 e. The van der Waals surface area contributed by atoms with E-state index < -0.39 is 46.2 Å². The Kier molecular flexibility index (Phi) is 15.3. The van der Waals surface area contributed by atoms with Crippen molar-refractivity contribution in [1.82, 2.24) is 25.8 Å². The summed E-state index contributed by atoms with van der Waals surface area (Å²) in [7, 11) is 0. The summed E-state index contributed by atoms with van der Waals surface area (Å²) < 4.78 is 12.0. The van der Waals surface area contributed by atoms with Gasteiger partial charge in [-0.2, -0.15) is 5.26 Å². The maximum atomic E-state index is 14.0.